The third kappa shape index (κ3) is 6.96. The van der Waals surface area contributed by atoms with Crippen LogP contribution in [0.15, 0.2) is 24.3 Å². The molecule has 2 aromatic rings. The average molecular weight is 319 g/mol. The maximum Gasteiger partial charge on any atom is 0.0348 e. The highest BCUT2D eigenvalue weighted by molar-refractivity contribution is 7.19. The highest BCUT2D eigenvalue weighted by Crippen LogP contribution is 2.26. The third-order valence-corrected chi connectivity index (χ3v) is 4.97. The van der Waals surface area contributed by atoms with Gasteiger partial charge in [0.25, 0.3) is 0 Å². The number of fused-ring (bicyclic) bond motifs is 1. The zero-order valence-electron chi connectivity index (χ0n) is 15.2. The molecular weight excluding hydrogens is 284 g/mol. The molecule has 0 atom stereocenters. The van der Waals surface area contributed by atoms with E-state index in [1.54, 1.807) is 0 Å². The van der Waals surface area contributed by atoms with Gasteiger partial charge in [-0.2, -0.15) is 0 Å². The maximum absolute atomic E-state index is 2.39. The smallest absolute Gasteiger partial charge is 0.0348 e. The highest BCUT2D eigenvalue weighted by atomic mass is 32.1. The molecule has 22 heavy (non-hydrogen) atoms. The first-order valence-electron chi connectivity index (χ1n) is 9.14. The van der Waals surface area contributed by atoms with E-state index in [0.717, 1.165) is 5.92 Å². The summed E-state index contributed by atoms with van der Waals surface area (Å²) in [6.45, 7) is 10.8. The summed E-state index contributed by atoms with van der Waals surface area (Å²) < 4.78 is 1.46. The number of hydrogen-bond donors (Lipinski definition) is 0. The Hall–Kier alpha value is -0.820. The van der Waals surface area contributed by atoms with Gasteiger partial charge in [-0.3, -0.25) is 0 Å². The van der Waals surface area contributed by atoms with E-state index in [0.29, 0.717) is 0 Å². The minimum atomic E-state index is 0.871. The molecule has 1 aromatic carbocycles. The lowest BCUT2D eigenvalue weighted by Gasteiger charge is -2.05. The van der Waals surface area contributed by atoms with Crippen LogP contribution in [0.2, 0.25) is 0 Å². The first kappa shape index (κ1) is 19.2. The second-order valence-electron chi connectivity index (χ2n) is 6.43. The molecule has 0 nitrogen and oxygen atoms in total. The second-order valence-corrected chi connectivity index (χ2v) is 7.72. The molecule has 0 saturated heterocycles. The van der Waals surface area contributed by atoms with Crippen molar-refractivity contribution in [1.82, 2.24) is 0 Å². The first-order valence-corrected chi connectivity index (χ1v) is 9.96. The summed E-state index contributed by atoms with van der Waals surface area (Å²) in [5, 5.41) is 1.41. The van der Waals surface area contributed by atoms with Gasteiger partial charge in [-0.05, 0) is 48.8 Å². The van der Waals surface area contributed by atoms with Crippen LogP contribution in [-0.4, -0.2) is 0 Å². The van der Waals surface area contributed by atoms with Crippen LogP contribution in [0.5, 0.6) is 0 Å². The second kappa shape index (κ2) is 10.8. The van der Waals surface area contributed by atoms with E-state index < -0.39 is 0 Å². The molecular formula is C21H34S. The largest absolute Gasteiger partial charge is 0.141 e. The van der Waals surface area contributed by atoms with Crippen molar-refractivity contribution < 1.29 is 0 Å². The normalized spacial score (nSPS) is 10.8. The van der Waals surface area contributed by atoms with E-state index in [2.05, 4.69) is 45.0 Å². The summed E-state index contributed by atoms with van der Waals surface area (Å²) in [5.41, 5.74) is 1.52. The Morgan fingerprint density at radius 3 is 2.32 bits per heavy atom. The number of unbranched alkanes of at least 4 members (excludes halogenated alkanes) is 4. The predicted octanol–water partition coefficient (Wildman–Crippen LogP) is 7.78. The molecule has 0 saturated carbocycles. The summed E-state index contributed by atoms with van der Waals surface area (Å²) in [4.78, 5) is 1.42. The molecule has 1 heterocycles. The molecule has 0 N–H and O–H groups in total. The van der Waals surface area contributed by atoms with Gasteiger partial charge >= 0.3 is 0 Å². The van der Waals surface area contributed by atoms with E-state index in [4.69, 9.17) is 0 Å². The van der Waals surface area contributed by atoms with Crippen molar-refractivity contribution in [3.05, 3.63) is 34.7 Å². The van der Waals surface area contributed by atoms with E-state index in [9.17, 15) is 0 Å². The fraction of sp³-hybridized carbons (Fsp3) is 0.619. The number of rotatable bonds is 8. The maximum atomic E-state index is 2.39. The van der Waals surface area contributed by atoms with Crippen molar-refractivity contribution in [2.24, 2.45) is 5.92 Å². The van der Waals surface area contributed by atoms with Gasteiger partial charge in [0.05, 0.1) is 0 Å². The molecule has 0 aliphatic rings. The number of thiophene rings is 1. The van der Waals surface area contributed by atoms with Gasteiger partial charge in [0.15, 0.2) is 0 Å². The van der Waals surface area contributed by atoms with Crippen LogP contribution in [0, 0.1) is 12.8 Å². The predicted molar refractivity (Wildman–Crippen MR) is 104 cm³/mol. The van der Waals surface area contributed by atoms with Gasteiger partial charge in [0, 0.05) is 9.58 Å². The molecule has 0 radical (unpaired) electrons. The Labute approximate surface area is 142 Å². The summed E-state index contributed by atoms with van der Waals surface area (Å²) in [7, 11) is 0. The Kier molecular flexibility index (Phi) is 9.47. The molecule has 0 bridgehead atoms. The van der Waals surface area contributed by atoms with Crippen molar-refractivity contribution >= 4 is 21.4 Å². The van der Waals surface area contributed by atoms with Gasteiger partial charge in [0.1, 0.15) is 0 Å². The zero-order chi connectivity index (χ0) is 16.4. The molecule has 124 valence electrons. The van der Waals surface area contributed by atoms with Crippen LogP contribution in [0.1, 0.15) is 76.7 Å². The van der Waals surface area contributed by atoms with E-state index in [1.165, 1.54) is 65.5 Å². The average Bonchev–Trinajstić information content (AvgIpc) is 2.87. The molecule has 1 aromatic heterocycles. The first-order chi connectivity index (χ1) is 10.6. The molecule has 0 unspecified atom stereocenters. The summed E-state index contributed by atoms with van der Waals surface area (Å²) >= 11 is 1.92. The quantitative estimate of drug-likeness (QED) is 0.436. The third-order valence-electron chi connectivity index (χ3n) is 3.95. The lowest BCUT2D eigenvalue weighted by Crippen LogP contribution is -1.88. The van der Waals surface area contributed by atoms with Gasteiger partial charge in [0.2, 0.25) is 0 Å². The van der Waals surface area contributed by atoms with Crippen molar-refractivity contribution in [1.29, 1.82) is 0 Å². The van der Waals surface area contributed by atoms with Gasteiger partial charge < -0.3 is 0 Å². The number of benzene rings is 1. The molecule has 0 spiro atoms. The van der Waals surface area contributed by atoms with E-state index in [1.807, 2.05) is 25.2 Å². The summed E-state index contributed by atoms with van der Waals surface area (Å²) in [6.07, 6.45) is 9.62. The lowest BCUT2D eigenvalue weighted by molar-refractivity contribution is 0.515. The monoisotopic (exact) mass is 318 g/mol. The fourth-order valence-corrected chi connectivity index (χ4v) is 3.76. The van der Waals surface area contributed by atoms with E-state index >= 15 is 0 Å². The van der Waals surface area contributed by atoms with Gasteiger partial charge in [-0.25, -0.2) is 0 Å². The molecule has 0 amide bonds. The molecule has 0 aliphatic carbocycles. The number of aryl methyl sites for hydroxylation is 2. The van der Waals surface area contributed by atoms with E-state index in [-0.39, 0.29) is 0 Å². The molecule has 2 rings (SSSR count). The van der Waals surface area contributed by atoms with Crippen LogP contribution in [-0.2, 0) is 6.42 Å². The van der Waals surface area contributed by atoms with Gasteiger partial charge in [-0.1, -0.05) is 71.9 Å². The Bertz CT molecular complexity index is 522. The van der Waals surface area contributed by atoms with Crippen LogP contribution in [0.3, 0.4) is 0 Å². The van der Waals surface area contributed by atoms with Crippen LogP contribution in [0.4, 0.5) is 0 Å². The number of hydrogen-bond acceptors (Lipinski definition) is 1. The topological polar surface area (TPSA) is 0 Å². The van der Waals surface area contributed by atoms with Crippen molar-refractivity contribution in [3.63, 3.8) is 0 Å². The SMILES string of the molecule is CC.Cc1cc2ccc(CCCCCCCC(C)C)cc2s1. The standard InChI is InChI=1S/C19H28S.C2H6/c1-15(2)9-7-5-4-6-8-10-17-11-12-18-13-16(3)20-19(18)14-17;1-2/h11-15H,4-10H2,1-3H3;1-2H3. The van der Waals surface area contributed by atoms with Crippen LogP contribution >= 0.6 is 11.3 Å². The molecule has 0 fully saturated rings. The highest BCUT2D eigenvalue weighted by Gasteiger charge is 2.01. The van der Waals surface area contributed by atoms with Crippen molar-refractivity contribution in [2.75, 3.05) is 0 Å². The molecule has 1 heteroatoms. The Morgan fingerprint density at radius 2 is 1.59 bits per heavy atom. The molecule has 0 aliphatic heterocycles. The van der Waals surface area contributed by atoms with Crippen LogP contribution < -0.4 is 0 Å². The van der Waals surface area contributed by atoms with Crippen molar-refractivity contribution in [3.8, 4) is 0 Å². The minimum absolute atomic E-state index is 0.871. The van der Waals surface area contributed by atoms with Crippen LogP contribution in [0.25, 0.3) is 10.1 Å². The van der Waals surface area contributed by atoms with Gasteiger partial charge in [-0.15, -0.1) is 11.3 Å². The summed E-state index contributed by atoms with van der Waals surface area (Å²) in [5.74, 6) is 0.871. The summed E-state index contributed by atoms with van der Waals surface area (Å²) in [6, 6.07) is 9.29. The Morgan fingerprint density at radius 1 is 0.909 bits per heavy atom. The fourth-order valence-electron chi connectivity index (χ4n) is 2.78. The Balaban J connectivity index is 0.00000116. The van der Waals surface area contributed by atoms with Crippen molar-refractivity contribution in [2.45, 2.75) is 79.6 Å². The minimum Gasteiger partial charge on any atom is -0.141 e. The zero-order valence-corrected chi connectivity index (χ0v) is 16.1. The lowest BCUT2D eigenvalue weighted by atomic mass is 10.0.